The fourth-order valence-electron chi connectivity index (χ4n) is 4.67. The summed E-state index contributed by atoms with van der Waals surface area (Å²) in [7, 11) is 0. The van der Waals surface area contributed by atoms with E-state index in [1.807, 2.05) is 19.9 Å². The summed E-state index contributed by atoms with van der Waals surface area (Å²) in [5, 5.41) is 13.1. The SMILES string of the molecule is CC(C)c1nn(-c2noc([C@H]3C[C@H](NCCC4CCCCO4)C3)n2)c2c(F)cccc12. The molecule has 1 N–H and O–H groups in total. The van der Waals surface area contributed by atoms with Crippen molar-refractivity contribution in [2.75, 3.05) is 13.2 Å². The lowest BCUT2D eigenvalue weighted by molar-refractivity contribution is 0.0106. The Labute approximate surface area is 181 Å². The van der Waals surface area contributed by atoms with Crippen molar-refractivity contribution in [1.82, 2.24) is 25.2 Å². The van der Waals surface area contributed by atoms with E-state index in [0.29, 0.717) is 29.5 Å². The highest BCUT2D eigenvalue weighted by Gasteiger charge is 2.34. The van der Waals surface area contributed by atoms with Crippen LogP contribution in [0.25, 0.3) is 16.9 Å². The first-order chi connectivity index (χ1) is 15.1. The Morgan fingerprint density at radius 3 is 2.90 bits per heavy atom. The van der Waals surface area contributed by atoms with E-state index in [0.717, 1.165) is 43.5 Å². The summed E-state index contributed by atoms with van der Waals surface area (Å²) < 4.78 is 27.4. The molecule has 0 spiro atoms. The number of nitrogens with one attached hydrogen (secondary N) is 1. The van der Waals surface area contributed by atoms with E-state index in [1.54, 1.807) is 6.07 Å². The van der Waals surface area contributed by atoms with Crippen molar-refractivity contribution >= 4 is 10.9 Å². The minimum absolute atomic E-state index is 0.161. The second-order valence-corrected chi connectivity index (χ2v) is 9.12. The van der Waals surface area contributed by atoms with E-state index in [1.165, 1.54) is 30.0 Å². The smallest absolute Gasteiger partial charge is 0.291 e. The molecule has 0 radical (unpaired) electrons. The van der Waals surface area contributed by atoms with Crippen molar-refractivity contribution in [2.24, 2.45) is 0 Å². The first-order valence-electron chi connectivity index (χ1n) is 11.5. The van der Waals surface area contributed by atoms with Crippen molar-refractivity contribution < 1.29 is 13.7 Å². The number of hydrogen-bond acceptors (Lipinski definition) is 6. The maximum Gasteiger partial charge on any atom is 0.291 e. The zero-order valence-electron chi connectivity index (χ0n) is 18.2. The van der Waals surface area contributed by atoms with Gasteiger partial charge >= 0.3 is 0 Å². The molecular formula is C23H30FN5O2. The lowest BCUT2D eigenvalue weighted by Crippen LogP contribution is -2.41. The first-order valence-corrected chi connectivity index (χ1v) is 11.5. The van der Waals surface area contributed by atoms with Crippen molar-refractivity contribution in [3.05, 3.63) is 35.6 Å². The van der Waals surface area contributed by atoms with Crippen molar-refractivity contribution in [3.8, 4) is 5.95 Å². The van der Waals surface area contributed by atoms with Gasteiger partial charge in [-0.3, -0.25) is 0 Å². The summed E-state index contributed by atoms with van der Waals surface area (Å²) in [5.74, 6) is 0.964. The van der Waals surface area contributed by atoms with Crippen molar-refractivity contribution in [3.63, 3.8) is 0 Å². The Morgan fingerprint density at radius 2 is 2.13 bits per heavy atom. The van der Waals surface area contributed by atoms with Gasteiger partial charge in [-0.15, -0.1) is 0 Å². The fraction of sp³-hybridized carbons (Fsp3) is 0.609. The van der Waals surface area contributed by atoms with Crippen LogP contribution in [-0.2, 0) is 4.74 Å². The zero-order valence-corrected chi connectivity index (χ0v) is 18.2. The Hall–Kier alpha value is -2.32. The van der Waals surface area contributed by atoms with Gasteiger partial charge < -0.3 is 14.6 Å². The van der Waals surface area contributed by atoms with Gasteiger partial charge in [0.05, 0.1) is 11.8 Å². The van der Waals surface area contributed by atoms with Gasteiger partial charge in [-0.2, -0.15) is 14.8 Å². The topological polar surface area (TPSA) is 78.0 Å². The van der Waals surface area contributed by atoms with Crippen molar-refractivity contribution in [1.29, 1.82) is 0 Å². The zero-order chi connectivity index (χ0) is 21.4. The number of rotatable bonds is 7. The molecular weight excluding hydrogens is 397 g/mol. The Morgan fingerprint density at radius 1 is 1.26 bits per heavy atom. The van der Waals surface area contributed by atoms with Crippen LogP contribution in [0.15, 0.2) is 22.7 Å². The van der Waals surface area contributed by atoms with E-state index in [-0.39, 0.29) is 17.7 Å². The molecule has 1 unspecified atom stereocenters. The molecule has 0 amide bonds. The maximum absolute atomic E-state index is 14.6. The Balaban J connectivity index is 1.23. The number of nitrogens with zero attached hydrogens (tertiary/aromatic N) is 4. The van der Waals surface area contributed by atoms with Crippen LogP contribution in [0.4, 0.5) is 4.39 Å². The monoisotopic (exact) mass is 427 g/mol. The van der Waals surface area contributed by atoms with Crippen LogP contribution in [0.2, 0.25) is 0 Å². The molecule has 166 valence electrons. The fourth-order valence-corrected chi connectivity index (χ4v) is 4.67. The molecule has 1 saturated carbocycles. The number of ether oxygens (including phenoxy) is 1. The predicted molar refractivity (Wildman–Crippen MR) is 115 cm³/mol. The average molecular weight is 428 g/mol. The number of halogens is 1. The molecule has 1 atom stereocenters. The largest absolute Gasteiger partial charge is 0.378 e. The molecule has 3 heterocycles. The van der Waals surface area contributed by atoms with Gasteiger partial charge in [-0.1, -0.05) is 26.0 Å². The summed E-state index contributed by atoms with van der Waals surface area (Å²) in [6.45, 7) is 5.97. The standard InChI is InChI=1S/C23H30FN5O2/c1-14(2)20-18-7-5-8-19(24)21(18)29(27-20)23-26-22(31-28-23)15-12-16(13-15)25-10-9-17-6-3-4-11-30-17/h5,7-8,14-17,25H,3-4,6,9-13H2,1-2H3/t15-,16-,17?. The summed E-state index contributed by atoms with van der Waals surface area (Å²) in [5.41, 5.74) is 1.23. The highest BCUT2D eigenvalue weighted by atomic mass is 19.1. The molecule has 1 aliphatic carbocycles. The van der Waals surface area contributed by atoms with Crippen LogP contribution in [0, 0.1) is 5.82 Å². The second kappa shape index (κ2) is 8.67. The van der Waals surface area contributed by atoms with Crippen LogP contribution in [0.5, 0.6) is 0 Å². The average Bonchev–Trinajstić information content (AvgIpc) is 3.36. The number of hydrogen-bond donors (Lipinski definition) is 1. The molecule has 0 bridgehead atoms. The van der Waals surface area contributed by atoms with Gasteiger partial charge in [0.15, 0.2) is 0 Å². The van der Waals surface area contributed by atoms with Crippen LogP contribution < -0.4 is 5.32 Å². The summed E-state index contributed by atoms with van der Waals surface area (Å²) >= 11 is 0. The van der Waals surface area contributed by atoms with E-state index in [4.69, 9.17) is 9.26 Å². The van der Waals surface area contributed by atoms with Crippen LogP contribution in [-0.4, -0.2) is 45.2 Å². The molecule has 5 rings (SSSR count). The Bertz CT molecular complexity index is 1030. The predicted octanol–water partition coefficient (Wildman–Crippen LogP) is 4.47. The lowest BCUT2D eigenvalue weighted by Gasteiger charge is -2.34. The number of fused-ring (bicyclic) bond motifs is 1. The van der Waals surface area contributed by atoms with Gasteiger partial charge in [0.1, 0.15) is 11.3 Å². The normalized spacial score (nSPS) is 24.1. The summed E-state index contributed by atoms with van der Waals surface area (Å²) in [4.78, 5) is 4.56. The van der Waals surface area contributed by atoms with E-state index in [2.05, 4.69) is 20.6 Å². The molecule has 2 fully saturated rings. The van der Waals surface area contributed by atoms with Gasteiger partial charge in [0, 0.05) is 24.0 Å². The number of para-hydroxylation sites is 1. The summed E-state index contributed by atoms with van der Waals surface area (Å²) in [6.07, 6.45) is 7.08. The molecule has 1 aliphatic heterocycles. The van der Waals surface area contributed by atoms with E-state index in [9.17, 15) is 4.39 Å². The first kappa shape index (κ1) is 20.6. The third-order valence-electron chi connectivity index (χ3n) is 6.51. The minimum atomic E-state index is -0.335. The third-order valence-corrected chi connectivity index (χ3v) is 6.51. The Kier molecular flexibility index (Phi) is 5.75. The van der Waals surface area contributed by atoms with E-state index < -0.39 is 0 Å². The van der Waals surface area contributed by atoms with Crippen LogP contribution in [0.3, 0.4) is 0 Å². The van der Waals surface area contributed by atoms with Gasteiger partial charge in [0.25, 0.3) is 5.95 Å². The number of benzene rings is 1. The quantitative estimate of drug-likeness (QED) is 0.600. The lowest BCUT2D eigenvalue weighted by atomic mass is 9.80. The van der Waals surface area contributed by atoms with Gasteiger partial charge in [-0.05, 0) is 62.2 Å². The second-order valence-electron chi connectivity index (χ2n) is 9.12. The molecule has 2 aromatic heterocycles. The highest BCUT2D eigenvalue weighted by molar-refractivity contribution is 5.84. The van der Waals surface area contributed by atoms with Crippen molar-refractivity contribution in [2.45, 2.75) is 76.4 Å². The molecule has 1 aromatic carbocycles. The van der Waals surface area contributed by atoms with E-state index >= 15 is 0 Å². The van der Waals surface area contributed by atoms with Gasteiger partial charge in [-0.25, -0.2) is 4.39 Å². The summed E-state index contributed by atoms with van der Waals surface area (Å²) in [6, 6.07) is 5.50. The van der Waals surface area contributed by atoms with Crippen LogP contribution >= 0.6 is 0 Å². The maximum atomic E-state index is 14.6. The molecule has 8 heteroatoms. The number of aromatic nitrogens is 4. The third kappa shape index (κ3) is 4.11. The highest BCUT2D eigenvalue weighted by Crippen LogP contribution is 2.36. The van der Waals surface area contributed by atoms with Crippen LogP contribution in [0.1, 0.15) is 75.8 Å². The molecule has 1 saturated heterocycles. The molecule has 7 nitrogen and oxygen atoms in total. The minimum Gasteiger partial charge on any atom is -0.378 e. The molecule has 3 aromatic rings. The molecule has 2 aliphatic rings. The molecule has 31 heavy (non-hydrogen) atoms. The van der Waals surface area contributed by atoms with Gasteiger partial charge in [0.2, 0.25) is 5.89 Å².